The predicted octanol–water partition coefficient (Wildman–Crippen LogP) is 3.23. The zero-order valence-corrected chi connectivity index (χ0v) is 13.1. The van der Waals surface area contributed by atoms with Gasteiger partial charge >= 0.3 is 0 Å². The average molecular weight is 281 g/mol. The number of aromatic nitrogens is 2. The Labute approximate surface area is 121 Å². The van der Waals surface area contributed by atoms with Crippen LogP contribution in [0.2, 0.25) is 0 Å². The maximum absolute atomic E-state index is 5.63. The van der Waals surface area contributed by atoms with Gasteiger partial charge in [-0.2, -0.15) is 4.98 Å². The molecule has 1 aromatic heterocycles. The topological polar surface area (TPSA) is 60.2 Å². The Hall–Kier alpha value is -0.940. The molecule has 0 saturated heterocycles. The molecule has 5 nitrogen and oxygen atoms in total. The molecule has 0 aromatic carbocycles. The van der Waals surface area contributed by atoms with Crippen LogP contribution in [0.4, 0.5) is 0 Å². The number of nitrogens with zero attached hydrogens (tertiary/aromatic N) is 2. The third-order valence-corrected chi connectivity index (χ3v) is 3.84. The molecule has 114 valence electrons. The first-order chi connectivity index (χ1) is 9.49. The van der Waals surface area contributed by atoms with E-state index in [0.29, 0.717) is 24.2 Å². The molecule has 0 spiro atoms. The highest BCUT2D eigenvalue weighted by Gasteiger charge is 2.29. The Morgan fingerprint density at radius 2 is 2.00 bits per heavy atom. The maximum atomic E-state index is 5.63. The van der Waals surface area contributed by atoms with Crippen LogP contribution < -0.4 is 5.32 Å². The first-order valence-electron chi connectivity index (χ1n) is 7.60. The van der Waals surface area contributed by atoms with Gasteiger partial charge in [0.2, 0.25) is 11.7 Å². The van der Waals surface area contributed by atoms with Gasteiger partial charge in [-0.05, 0) is 39.5 Å². The Morgan fingerprint density at radius 3 is 2.60 bits per heavy atom. The molecular formula is C15H27N3O2. The SMILES string of the molecule is COC(c1noc(CNC(C)(C)C)n1)C1CCCCC1. The van der Waals surface area contributed by atoms with E-state index in [1.807, 2.05) is 0 Å². The first kappa shape index (κ1) is 15.4. The summed E-state index contributed by atoms with van der Waals surface area (Å²) in [6.45, 7) is 6.94. The first-order valence-corrected chi connectivity index (χ1v) is 7.60. The van der Waals surface area contributed by atoms with Crippen molar-refractivity contribution in [2.75, 3.05) is 7.11 Å². The average Bonchev–Trinajstić information content (AvgIpc) is 2.87. The van der Waals surface area contributed by atoms with Gasteiger partial charge < -0.3 is 14.6 Å². The monoisotopic (exact) mass is 281 g/mol. The highest BCUT2D eigenvalue weighted by molar-refractivity contribution is 4.95. The van der Waals surface area contributed by atoms with E-state index in [-0.39, 0.29) is 11.6 Å². The van der Waals surface area contributed by atoms with E-state index in [1.165, 1.54) is 32.1 Å². The predicted molar refractivity (Wildman–Crippen MR) is 77.2 cm³/mol. The van der Waals surface area contributed by atoms with E-state index in [9.17, 15) is 0 Å². The Balaban J connectivity index is 1.98. The molecule has 1 saturated carbocycles. The number of methoxy groups -OCH3 is 1. The van der Waals surface area contributed by atoms with Crippen LogP contribution in [0.5, 0.6) is 0 Å². The molecule has 1 heterocycles. The molecule has 0 bridgehead atoms. The zero-order valence-electron chi connectivity index (χ0n) is 13.1. The molecule has 0 radical (unpaired) electrons. The third kappa shape index (κ3) is 4.28. The number of nitrogens with one attached hydrogen (secondary N) is 1. The van der Waals surface area contributed by atoms with E-state index in [4.69, 9.17) is 9.26 Å². The van der Waals surface area contributed by atoms with Gasteiger partial charge in [-0.15, -0.1) is 0 Å². The summed E-state index contributed by atoms with van der Waals surface area (Å²) >= 11 is 0. The lowest BCUT2D eigenvalue weighted by atomic mass is 9.85. The van der Waals surface area contributed by atoms with Crippen molar-refractivity contribution in [2.24, 2.45) is 5.92 Å². The molecule has 1 aromatic rings. The molecule has 1 aliphatic rings. The lowest BCUT2D eigenvalue weighted by molar-refractivity contribution is 0.0273. The Bertz CT molecular complexity index is 405. The van der Waals surface area contributed by atoms with Gasteiger partial charge in [-0.25, -0.2) is 0 Å². The molecule has 0 aliphatic heterocycles. The standard InChI is InChI=1S/C15H27N3O2/c1-15(2,3)16-10-12-17-14(18-20-12)13(19-4)11-8-6-5-7-9-11/h11,13,16H,5-10H2,1-4H3. The molecule has 1 unspecified atom stereocenters. The van der Waals surface area contributed by atoms with Crippen molar-refractivity contribution >= 4 is 0 Å². The minimum Gasteiger partial charge on any atom is -0.373 e. The van der Waals surface area contributed by atoms with Crippen LogP contribution in [0.1, 0.15) is 70.7 Å². The van der Waals surface area contributed by atoms with E-state index < -0.39 is 0 Å². The van der Waals surface area contributed by atoms with E-state index >= 15 is 0 Å². The van der Waals surface area contributed by atoms with Crippen LogP contribution in [0.3, 0.4) is 0 Å². The Kier molecular flexibility index (Phi) is 5.16. The smallest absolute Gasteiger partial charge is 0.240 e. The Morgan fingerprint density at radius 1 is 1.30 bits per heavy atom. The van der Waals surface area contributed by atoms with Crippen LogP contribution in [0.15, 0.2) is 4.52 Å². The van der Waals surface area contributed by atoms with Gasteiger partial charge in [0.05, 0.1) is 6.54 Å². The fourth-order valence-corrected chi connectivity index (χ4v) is 2.74. The third-order valence-electron chi connectivity index (χ3n) is 3.84. The fourth-order valence-electron chi connectivity index (χ4n) is 2.74. The van der Waals surface area contributed by atoms with Crippen LogP contribution in [0, 0.1) is 5.92 Å². The number of hydrogen-bond donors (Lipinski definition) is 1. The molecule has 2 rings (SSSR count). The van der Waals surface area contributed by atoms with Crippen LogP contribution in [-0.2, 0) is 11.3 Å². The van der Waals surface area contributed by atoms with Crippen molar-refractivity contribution in [1.82, 2.24) is 15.5 Å². The van der Waals surface area contributed by atoms with Crippen molar-refractivity contribution in [3.63, 3.8) is 0 Å². The number of hydrogen-bond acceptors (Lipinski definition) is 5. The maximum Gasteiger partial charge on any atom is 0.240 e. The van der Waals surface area contributed by atoms with Crippen LogP contribution in [-0.4, -0.2) is 22.8 Å². The molecule has 1 atom stereocenters. The summed E-state index contributed by atoms with van der Waals surface area (Å²) in [6, 6.07) is 0. The van der Waals surface area contributed by atoms with Crippen molar-refractivity contribution < 1.29 is 9.26 Å². The summed E-state index contributed by atoms with van der Waals surface area (Å²) in [4.78, 5) is 4.49. The minimum atomic E-state index is -0.0255. The normalized spacial score (nSPS) is 19.2. The van der Waals surface area contributed by atoms with E-state index in [1.54, 1.807) is 7.11 Å². The van der Waals surface area contributed by atoms with Crippen LogP contribution >= 0.6 is 0 Å². The largest absolute Gasteiger partial charge is 0.373 e. The second-order valence-corrected chi connectivity index (χ2v) is 6.70. The van der Waals surface area contributed by atoms with Gasteiger partial charge in [-0.1, -0.05) is 24.4 Å². The highest BCUT2D eigenvalue weighted by Crippen LogP contribution is 2.35. The quantitative estimate of drug-likeness (QED) is 0.898. The summed E-state index contributed by atoms with van der Waals surface area (Å²) in [7, 11) is 1.74. The highest BCUT2D eigenvalue weighted by atomic mass is 16.5. The summed E-state index contributed by atoms with van der Waals surface area (Å²) in [5.41, 5.74) is 0.0403. The number of ether oxygens (including phenoxy) is 1. The lowest BCUT2D eigenvalue weighted by Crippen LogP contribution is -2.35. The van der Waals surface area contributed by atoms with Crippen molar-refractivity contribution in [1.29, 1.82) is 0 Å². The molecule has 0 amide bonds. The second-order valence-electron chi connectivity index (χ2n) is 6.70. The van der Waals surface area contributed by atoms with Crippen molar-refractivity contribution in [3.05, 3.63) is 11.7 Å². The van der Waals surface area contributed by atoms with Gasteiger partial charge in [0.1, 0.15) is 6.10 Å². The molecule has 20 heavy (non-hydrogen) atoms. The van der Waals surface area contributed by atoms with Gasteiger partial charge in [0.15, 0.2) is 0 Å². The molecular weight excluding hydrogens is 254 g/mol. The second kappa shape index (κ2) is 6.68. The number of rotatable bonds is 5. The van der Waals surface area contributed by atoms with Crippen LogP contribution in [0.25, 0.3) is 0 Å². The van der Waals surface area contributed by atoms with Crippen molar-refractivity contribution in [2.45, 2.75) is 71.1 Å². The summed E-state index contributed by atoms with van der Waals surface area (Å²) in [5.74, 6) is 1.85. The van der Waals surface area contributed by atoms with E-state index in [2.05, 4.69) is 36.2 Å². The fraction of sp³-hybridized carbons (Fsp3) is 0.867. The van der Waals surface area contributed by atoms with E-state index in [0.717, 1.165) is 0 Å². The van der Waals surface area contributed by atoms with Gasteiger partial charge in [0.25, 0.3) is 0 Å². The molecule has 1 N–H and O–H groups in total. The summed E-state index contributed by atoms with van der Waals surface area (Å²) < 4.78 is 11.0. The van der Waals surface area contributed by atoms with Gasteiger partial charge in [-0.3, -0.25) is 0 Å². The van der Waals surface area contributed by atoms with Gasteiger partial charge in [0, 0.05) is 12.6 Å². The summed E-state index contributed by atoms with van der Waals surface area (Å²) in [5, 5.41) is 7.46. The summed E-state index contributed by atoms with van der Waals surface area (Å²) in [6.07, 6.45) is 6.26. The molecule has 5 heteroatoms. The minimum absolute atomic E-state index is 0.0255. The molecule has 1 aliphatic carbocycles. The lowest BCUT2D eigenvalue weighted by Gasteiger charge is -2.26. The van der Waals surface area contributed by atoms with Crippen molar-refractivity contribution in [3.8, 4) is 0 Å². The zero-order chi connectivity index (χ0) is 14.6. The molecule has 1 fully saturated rings.